The van der Waals surface area contributed by atoms with Crippen LogP contribution in [0.1, 0.15) is 18.9 Å². The SMILES string of the molecule is COc1ccc(OC)c(CCC(=O)Nc2cc(OC)ccc2NC(C)=O)c1. The van der Waals surface area contributed by atoms with Crippen molar-refractivity contribution in [2.24, 2.45) is 0 Å². The second kappa shape index (κ2) is 9.47. The summed E-state index contributed by atoms with van der Waals surface area (Å²) in [7, 11) is 4.71. The van der Waals surface area contributed by atoms with Crippen LogP contribution >= 0.6 is 0 Å². The van der Waals surface area contributed by atoms with Crippen LogP contribution in [0.15, 0.2) is 36.4 Å². The van der Waals surface area contributed by atoms with Crippen molar-refractivity contribution in [3.05, 3.63) is 42.0 Å². The van der Waals surface area contributed by atoms with Crippen molar-refractivity contribution in [1.82, 2.24) is 0 Å². The summed E-state index contributed by atoms with van der Waals surface area (Å²) < 4.78 is 15.7. The van der Waals surface area contributed by atoms with Gasteiger partial charge in [-0.15, -0.1) is 0 Å². The maximum absolute atomic E-state index is 12.4. The van der Waals surface area contributed by atoms with Gasteiger partial charge in [0.05, 0.1) is 32.7 Å². The summed E-state index contributed by atoms with van der Waals surface area (Å²) in [6.45, 7) is 1.41. The quantitative estimate of drug-likeness (QED) is 0.743. The lowest BCUT2D eigenvalue weighted by Gasteiger charge is -2.14. The van der Waals surface area contributed by atoms with Crippen LogP contribution < -0.4 is 24.8 Å². The van der Waals surface area contributed by atoms with Gasteiger partial charge >= 0.3 is 0 Å². The van der Waals surface area contributed by atoms with Gasteiger partial charge in [0.1, 0.15) is 17.2 Å². The Morgan fingerprint density at radius 1 is 0.852 bits per heavy atom. The third-order valence-corrected chi connectivity index (χ3v) is 3.92. The van der Waals surface area contributed by atoms with E-state index in [1.54, 1.807) is 38.5 Å². The number of carbonyl (C=O) groups is 2. The molecule has 2 amide bonds. The molecule has 2 aromatic carbocycles. The fraction of sp³-hybridized carbons (Fsp3) is 0.300. The number of ether oxygens (including phenoxy) is 3. The Labute approximate surface area is 158 Å². The molecule has 0 atom stereocenters. The molecule has 0 aromatic heterocycles. The molecule has 0 aliphatic carbocycles. The zero-order valence-corrected chi connectivity index (χ0v) is 15.9. The van der Waals surface area contributed by atoms with E-state index in [9.17, 15) is 9.59 Å². The van der Waals surface area contributed by atoms with Crippen molar-refractivity contribution in [1.29, 1.82) is 0 Å². The van der Waals surface area contributed by atoms with Crippen molar-refractivity contribution in [2.45, 2.75) is 19.8 Å². The van der Waals surface area contributed by atoms with E-state index in [4.69, 9.17) is 14.2 Å². The molecule has 144 valence electrons. The van der Waals surface area contributed by atoms with Gasteiger partial charge in [-0.3, -0.25) is 9.59 Å². The van der Waals surface area contributed by atoms with Gasteiger partial charge in [0.15, 0.2) is 0 Å². The molecule has 7 heteroatoms. The summed E-state index contributed by atoms with van der Waals surface area (Å²) in [5.41, 5.74) is 1.86. The monoisotopic (exact) mass is 372 g/mol. The highest BCUT2D eigenvalue weighted by Gasteiger charge is 2.12. The average Bonchev–Trinajstić information content (AvgIpc) is 2.67. The average molecular weight is 372 g/mol. The summed E-state index contributed by atoms with van der Waals surface area (Å²) in [5, 5.41) is 5.51. The molecule has 27 heavy (non-hydrogen) atoms. The van der Waals surface area contributed by atoms with Crippen LogP contribution in [-0.2, 0) is 16.0 Å². The number of hydrogen-bond acceptors (Lipinski definition) is 5. The molecule has 0 saturated carbocycles. The number of carbonyl (C=O) groups excluding carboxylic acids is 2. The molecule has 0 spiro atoms. The maximum Gasteiger partial charge on any atom is 0.224 e. The number of anilines is 2. The molecule has 0 unspecified atom stereocenters. The smallest absolute Gasteiger partial charge is 0.224 e. The highest BCUT2D eigenvalue weighted by Crippen LogP contribution is 2.28. The number of hydrogen-bond donors (Lipinski definition) is 2. The summed E-state index contributed by atoms with van der Waals surface area (Å²) >= 11 is 0. The first kappa shape index (κ1) is 20.1. The van der Waals surface area contributed by atoms with E-state index >= 15 is 0 Å². The van der Waals surface area contributed by atoms with Crippen LogP contribution in [0, 0.1) is 0 Å². The number of benzene rings is 2. The van der Waals surface area contributed by atoms with Gasteiger partial charge in [-0.1, -0.05) is 0 Å². The van der Waals surface area contributed by atoms with E-state index in [2.05, 4.69) is 10.6 Å². The fourth-order valence-corrected chi connectivity index (χ4v) is 2.59. The highest BCUT2D eigenvalue weighted by atomic mass is 16.5. The Bertz CT molecular complexity index is 820. The van der Waals surface area contributed by atoms with Crippen molar-refractivity contribution >= 4 is 23.2 Å². The molecule has 7 nitrogen and oxygen atoms in total. The summed E-state index contributed by atoms with van der Waals surface area (Å²) in [6.07, 6.45) is 0.714. The second-order valence-corrected chi connectivity index (χ2v) is 5.82. The molecule has 0 radical (unpaired) electrons. The number of methoxy groups -OCH3 is 3. The molecule has 2 N–H and O–H groups in total. The predicted octanol–water partition coefficient (Wildman–Crippen LogP) is 3.24. The van der Waals surface area contributed by atoms with Gasteiger partial charge in [-0.2, -0.15) is 0 Å². The third kappa shape index (κ3) is 5.64. The summed E-state index contributed by atoms with van der Waals surface area (Å²) in [4.78, 5) is 23.8. The topological polar surface area (TPSA) is 85.9 Å². The Balaban J connectivity index is 2.11. The van der Waals surface area contributed by atoms with Gasteiger partial charge in [0.25, 0.3) is 0 Å². The van der Waals surface area contributed by atoms with E-state index in [1.165, 1.54) is 14.0 Å². The van der Waals surface area contributed by atoms with Crippen LogP contribution in [0.25, 0.3) is 0 Å². The molecule has 0 aliphatic rings. The molecule has 0 fully saturated rings. The van der Waals surface area contributed by atoms with Gasteiger partial charge in [0.2, 0.25) is 11.8 Å². The fourth-order valence-electron chi connectivity index (χ4n) is 2.59. The molecular formula is C20H24N2O5. The molecule has 0 aliphatic heterocycles. The zero-order valence-electron chi connectivity index (χ0n) is 15.9. The Kier molecular flexibility index (Phi) is 7.05. The van der Waals surface area contributed by atoms with Crippen LogP contribution in [0.5, 0.6) is 17.2 Å². The minimum Gasteiger partial charge on any atom is -0.497 e. The predicted molar refractivity (Wildman–Crippen MR) is 104 cm³/mol. The third-order valence-electron chi connectivity index (χ3n) is 3.92. The number of aryl methyl sites for hydroxylation is 1. The summed E-state index contributed by atoms with van der Waals surface area (Å²) in [6, 6.07) is 10.5. The maximum atomic E-state index is 12.4. The zero-order chi connectivity index (χ0) is 19.8. The van der Waals surface area contributed by atoms with E-state index in [-0.39, 0.29) is 18.2 Å². The van der Waals surface area contributed by atoms with Crippen LogP contribution in [0.2, 0.25) is 0 Å². The van der Waals surface area contributed by atoms with Crippen molar-refractivity contribution < 1.29 is 23.8 Å². The van der Waals surface area contributed by atoms with E-state index in [0.29, 0.717) is 35.0 Å². The normalized spacial score (nSPS) is 10.1. The molecular weight excluding hydrogens is 348 g/mol. The molecule has 2 rings (SSSR count). The van der Waals surface area contributed by atoms with Gasteiger partial charge < -0.3 is 24.8 Å². The lowest BCUT2D eigenvalue weighted by atomic mass is 10.1. The Morgan fingerprint density at radius 2 is 1.52 bits per heavy atom. The van der Waals surface area contributed by atoms with Crippen LogP contribution in [-0.4, -0.2) is 33.1 Å². The van der Waals surface area contributed by atoms with Crippen molar-refractivity contribution in [2.75, 3.05) is 32.0 Å². The van der Waals surface area contributed by atoms with Crippen molar-refractivity contribution in [3.63, 3.8) is 0 Å². The molecule has 0 heterocycles. The van der Waals surface area contributed by atoms with Crippen molar-refractivity contribution in [3.8, 4) is 17.2 Å². The van der Waals surface area contributed by atoms with Crippen LogP contribution in [0.4, 0.5) is 11.4 Å². The molecule has 0 saturated heterocycles. The largest absolute Gasteiger partial charge is 0.497 e. The minimum absolute atomic E-state index is 0.195. The summed E-state index contributed by atoms with van der Waals surface area (Å²) in [5.74, 6) is 1.56. The van der Waals surface area contributed by atoms with Crippen LogP contribution in [0.3, 0.4) is 0 Å². The Hall–Kier alpha value is -3.22. The number of amides is 2. The Morgan fingerprint density at radius 3 is 2.15 bits per heavy atom. The second-order valence-electron chi connectivity index (χ2n) is 5.82. The lowest BCUT2D eigenvalue weighted by Crippen LogP contribution is -2.15. The van der Waals surface area contributed by atoms with E-state index in [0.717, 1.165) is 5.56 Å². The first-order valence-corrected chi connectivity index (χ1v) is 8.43. The standard InChI is InChI=1S/C20H24N2O5/c1-13(23)21-17-8-6-16(26-3)12-18(17)22-20(24)10-5-14-11-15(25-2)7-9-19(14)27-4/h6-9,11-12H,5,10H2,1-4H3,(H,21,23)(H,22,24). The van der Waals surface area contributed by atoms with Gasteiger partial charge in [-0.25, -0.2) is 0 Å². The molecule has 0 bridgehead atoms. The van der Waals surface area contributed by atoms with E-state index in [1.807, 2.05) is 12.1 Å². The number of rotatable bonds is 8. The minimum atomic E-state index is -0.225. The lowest BCUT2D eigenvalue weighted by molar-refractivity contribution is -0.116. The van der Waals surface area contributed by atoms with E-state index < -0.39 is 0 Å². The van der Waals surface area contributed by atoms with Gasteiger partial charge in [0, 0.05) is 19.4 Å². The number of nitrogens with one attached hydrogen (secondary N) is 2. The highest BCUT2D eigenvalue weighted by molar-refractivity contribution is 5.99. The first-order valence-electron chi connectivity index (χ1n) is 8.43. The first-order chi connectivity index (χ1) is 13.0. The molecule has 2 aromatic rings. The van der Waals surface area contributed by atoms with Gasteiger partial charge in [-0.05, 0) is 42.3 Å².